The molecule has 1 N–H and O–H groups in total. The molecule has 2 atom stereocenters. The minimum absolute atomic E-state index is 0.470. The van der Waals surface area contributed by atoms with Crippen LogP contribution in [0.2, 0.25) is 0 Å². The zero-order chi connectivity index (χ0) is 16.7. The lowest BCUT2D eigenvalue weighted by Crippen LogP contribution is -2.32. The summed E-state index contributed by atoms with van der Waals surface area (Å²) in [5, 5.41) is 13.8. The number of carboxylic acid groups (broad SMARTS) is 1. The number of likely N-dealkylation sites (tertiary alicyclic amines) is 2. The van der Waals surface area contributed by atoms with Gasteiger partial charge in [-0.15, -0.1) is 0 Å². The molecule has 1 aromatic heterocycles. The molecule has 0 spiro atoms. The molecule has 0 bridgehead atoms. The molecule has 2 aliphatic heterocycles. The summed E-state index contributed by atoms with van der Waals surface area (Å²) in [4.78, 5) is 15.1. The van der Waals surface area contributed by atoms with E-state index in [0.717, 1.165) is 30.9 Å². The molecule has 2 unspecified atom stereocenters. The van der Waals surface area contributed by atoms with E-state index in [1.165, 1.54) is 5.56 Å². The second-order valence-electron chi connectivity index (χ2n) is 6.94. The van der Waals surface area contributed by atoms with Crippen molar-refractivity contribution in [2.45, 2.75) is 6.54 Å². The summed E-state index contributed by atoms with van der Waals surface area (Å²) < 4.78 is 1.88. The molecule has 2 fully saturated rings. The van der Waals surface area contributed by atoms with E-state index in [1.54, 1.807) is 4.90 Å². The van der Waals surface area contributed by atoms with Crippen LogP contribution < -0.4 is 0 Å². The number of aromatic nitrogens is 2. The van der Waals surface area contributed by atoms with Gasteiger partial charge in [-0.1, -0.05) is 30.3 Å². The van der Waals surface area contributed by atoms with Crippen molar-refractivity contribution in [3.05, 3.63) is 42.1 Å². The summed E-state index contributed by atoms with van der Waals surface area (Å²) in [6.45, 7) is 4.16. The van der Waals surface area contributed by atoms with Gasteiger partial charge >= 0.3 is 6.09 Å². The topological polar surface area (TPSA) is 61.6 Å². The lowest BCUT2D eigenvalue weighted by atomic mass is 10.0. The monoisotopic (exact) mass is 326 g/mol. The Balaban J connectivity index is 1.47. The second kappa shape index (κ2) is 5.94. The fourth-order valence-corrected chi connectivity index (χ4v) is 4.11. The molecule has 6 nitrogen and oxygen atoms in total. The first-order valence-electron chi connectivity index (χ1n) is 8.38. The Bertz CT molecular complexity index is 729. The molecule has 2 aliphatic rings. The van der Waals surface area contributed by atoms with Crippen LogP contribution in [0, 0.1) is 11.8 Å². The first kappa shape index (κ1) is 15.2. The normalized spacial score (nSPS) is 23.6. The van der Waals surface area contributed by atoms with Gasteiger partial charge in [0.2, 0.25) is 0 Å². The molecule has 126 valence electrons. The fraction of sp³-hybridized carbons (Fsp3) is 0.444. The average molecular weight is 326 g/mol. The number of aryl methyl sites for hydroxylation is 1. The predicted octanol–water partition coefficient (Wildman–Crippen LogP) is 2.13. The molecule has 4 rings (SSSR count). The molecule has 2 saturated heterocycles. The smallest absolute Gasteiger partial charge is 0.407 e. The molecule has 24 heavy (non-hydrogen) atoms. The molecule has 0 aliphatic carbocycles. The SMILES string of the molecule is Cn1cc(CN2CC3CN(C(=O)O)CC3C2)c(-c2ccccc2)n1. The van der Waals surface area contributed by atoms with Crippen LogP contribution in [-0.2, 0) is 13.6 Å². The molecular formula is C18H22N4O2. The third-order valence-electron chi connectivity index (χ3n) is 5.18. The van der Waals surface area contributed by atoms with Crippen molar-refractivity contribution in [3.63, 3.8) is 0 Å². The van der Waals surface area contributed by atoms with Crippen molar-refractivity contribution >= 4 is 6.09 Å². The van der Waals surface area contributed by atoms with Gasteiger partial charge < -0.3 is 10.0 Å². The van der Waals surface area contributed by atoms with Gasteiger partial charge in [-0.2, -0.15) is 5.10 Å². The average Bonchev–Trinajstić information content (AvgIpc) is 3.21. The number of fused-ring (bicyclic) bond motifs is 1. The van der Waals surface area contributed by atoms with E-state index in [1.807, 2.05) is 29.9 Å². The van der Waals surface area contributed by atoms with E-state index >= 15 is 0 Å². The Kier molecular flexibility index (Phi) is 3.76. The predicted molar refractivity (Wildman–Crippen MR) is 90.5 cm³/mol. The van der Waals surface area contributed by atoms with Crippen molar-refractivity contribution in [2.75, 3.05) is 26.2 Å². The lowest BCUT2D eigenvalue weighted by Gasteiger charge is -2.19. The van der Waals surface area contributed by atoms with Crippen LogP contribution in [0.5, 0.6) is 0 Å². The Labute approximate surface area is 141 Å². The molecule has 2 aromatic rings. The zero-order valence-electron chi connectivity index (χ0n) is 13.8. The maximum absolute atomic E-state index is 11.1. The zero-order valence-corrected chi connectivity index (χ0v) is 13.8. The number of hydrogen-bond donors (Lipinski definition) is 1. The number of benzene rings is 1. The quantitative estimate of drug-likeness (QED) is 0.938. The van der Waals surface area contributed by atoms with Crippen molar-refractivity contribution in [3.8, 4) is 11.3 Å². The molecule has 3 heterocycles. The Hall–Kier alpha value is -2.34. The minimum atomic E-state index is -0.783. The van der Waals surface area contributed by atoms with Crippen LogP contribution in [0.3, 0.4) is 0 Å². The van der Waals surface area contributed by atoms with E-state index in [-0.39, 0.29) is 0 Å². The van der Waals surface area contributed by atoms with Crippen LogP contribution in [-0.4, -0.2) is 57.0 Å². The van der Waals surface area contributed by atoms with Gasteiger partial charge in [0, 0.05) is 57.1 Å². The molecule has 1 amide bonds. The number of carbonyl (C=O) groups is 1. The maximum Gasteiger partial charge on any atom is 0.407 e. The summed E-state index contributed by atoms with van der Waals surface area (Å²) in [7, 11) is 1.96. The second-order valence-corrected chi connectivity index (χ2v) is 6.94. The van der Waals surface area contributed by atoms with Gasteiger partial charge in [0.25, 0.3) is 0 Å². The molecular weight excluding hydrogens is 304 g/mol. The third kappa shape index (κ3) is 2.78. The van der Waals surface area contributed by atoms with E-state index in [4.69, 9.17) is 5.11 Å². The Morgan fingerprint density at radius 2 is 1.83 bits per heavy atom. The van der Waals surface area contributed by atoms with Gasteiger partial charge in [0.1, 0.15) is 0 Å². The molecule has 1 aromatic carbocycles. The van der Waals surface area contributed by atoms with Crippen LogP contribution in [0.1, 0.15) is 5.56 Å². The third-order valence-corrected chi connectivity index (χ3v) is 5.18. The number of hydrogen-bond acceptors (Lipinski definition) is 3. The standard InChI is InChI=1S/C18H22N4O2/c1-20-7-16(17(19-20)13-5-3-2-4-6-13)10-21-8-14-11-22(18(23)24)12-15(14)9-21/h2-7,14-15H,8-12H2,1H3,(H,23,24). The van der Waals surface area contributed by atoms with Gasteiger partial charge in [0.05, 0.1) is 5.69 Å². The maximum atomic E-state index is 11.1. The van der Waals surface area contributed by atoms with E-state index in [9.17, 15) is 4.79 Å². The summed E-state index contributed by atoms with van der Waals surface area (Å²) >= 11 is 0. The van der Waals surface area contributed by atoms with Gasteiger partial charge in [-0.05, 0) is 11.8 Å². The number of nitrogens with zero attached hydrogens (tertiary/aromatic N) is 4. The first-order chi connectivity index (χ1) is 11.6. The highest BCUT2D eigenvalue weighted by Gasteiger charge is 2.41. The van der Waals surface area contributed by atoms with Crippen LogP contribution in [0.25, 0.3) is 11.3 Å². The molecule has 0 radical (unpaired) electrons. The van der Waals surface area contributed by atoms with Crippen molar-refractivity contribution in [1.29, 1.82) is 0 Å². The number of amides is 1. The molecule has 0 saturated carbocycles. The Morgan fingerprint density at radius 1 is 1.17 bits per heavy atom. The van der Waals surface area contributed by atoms with E-state index < -0.39 is 6.09 Å². The fourth-order valence-electron chi connectivity index (χ4n) is 4.11. The largest absolute Gasteiger partial charge is 0.465 e. The van der Waals surface area contributed by atoms with Crippen LogP contribution in [0.15, 0.2) is 36.5 Å². The summed E-state index contributed by atoms with van der Waals surface area (Å²) in [5.41, 5.74) is 3.42. The van der Waals surface area contributed by atoms with Crippen LogP contribution in [0.4, 0.5) is 4.79 Å². The van der Waals surface area contributed by atoms with Gasteiger partial charge in [0.15, 0.2) is 0 Å². The van der Waals surface area contributed by atoms with Crippen molar-refractivity contribution in [2.24, 2.45) is 18.9 Å². The van der Waals surface area contributed by atoms with Crippen molar-refractivity contribution < 1.29 is 9.90 Å². The number of rotatable bonds is 3. The Morgan fingerprint density at radius 3 is 2.46 bits per heavy atom. The van der Waals surface area contributed by atoms with Crippen LogP contribution >= 0.6 is 0 Å². The van der Waals surface area contributed by atoms with E-state index in [0.29, 0.717) is 24.9 Å². The lowest BCUT2D eigenvalue weighted by molar-refractivity contribution is 0.148. The highest BCUT2D eigenvalue weighted by molar-refractivity contribution is 5.65. The summed E-state index contributed by atoms with van der Waals surface area (Å²) in [6.07, 6.45) is 1.31. The van der Waals surface area contributed by atoms with Gasteiger partial charge in [-0.25, -0.2) is 4.79 Å². The summed E-state index contributed by atoms with van der Waals surface area (Å²) in [6, 6.07) is 10.3. The highest BCUT2D eigenvalue weighted by Crippen LogP contribution is 2.33. The minimum Gasteiger partial charge on any atom is -0.465 e. The first-order valence-corrected chi connectivity index (χ1v) is 8.38. The molecule has 6 heteroatoms. The van der Waals surface area contributed by atoms with Gasteiger partial charge in [-0.3, -0.25) is 9.58 Å². The van der Waals surface area contributed by atoms with Crippen molar-refractivity contribution in [1.82, 2.24) is 19.6 Å². The highest BCUT2D eigenvalue weighted by atomic mass is 16.4. The van der Waals surface area contributed by atoms with E-state index in [2.05, 4.69) is 28.3 Å². The summed E-state index contributed by atoms with van der Waals surface area (Å²) in [5.74, 6) is 0.941.